The van der Waals surface area contributed by atoms with Crippen molar-refractivity contribution in [1.29, 1.82) is 0 Å². The molecule has 0 aromatic rings. The fourth-order valence-electron chi connectivity index (χ4n) is 0. The molecule has 2 radical (unpaired) electrons. The average Bonchev–Trinajstić information content (AvgIpc) is 0. The SMILES string of the molecule is [Fe+3].[Fe+3].[O-2].[O-2].[O-2].[SeH2]. The van der Waals surface area contributed by atoms with Gasteiger partial charge in [-0.3, -0.25) is 0 Å². The van der Waals surface area contributed by atoms with Gasteiger partial charge < -0.3 is 16.4 Å². The van der Waals surface area contributed by atoms with Gasteiger partial charge in [-0.25, -0.2) is 0 Å². The van der Waals surface area contributed by atoms with Crippen LogP contribution in [0, 0.1) is 0 Å². The third-order valence-electron chi connectivity index (χ3n) is 0. The Kier molecular flexibility index (Phi) is 2290. The number of rotatable bonds is 0. The summed E-state index contributed by atoms with van der Waals surface area (Å²) < 4.78 is 0. The molecule has 0 aliphatic carbocycles. The van der Waals surface area contributed by atoms with Crippen molar-refractivity contribution < 1.29 is 50.6 Å². The molecule has 42 valence electrons. The Morgan fingerprint density at radius 3 is 0.500 bits per heavy atom. The maximum atomic E-state index is 0. The molecular formula is H2Fe2O3Se. The first-order chi connectivity index (χ1) is 0. The summed E-state index contributed by atoms with van der Waals surface area (Å²) in [6, 6.07) is 0. The molecule has 0 aromatic carbocycles. The van der Waals surface area contributed by atoms with E-state index in [9.17, 15) is 0 Å². The zero-order chi connectivity index (χ0) is 0. The summed E-state index contributed by atoms with van der Waals surface area (Å²) in [5.74, 6) is 0. The van der Waals surface area contributed by atoms with Crippen molar-refractivity contribution in [2.45, 2.75) is 0 Å². The van der Waals surface area contributed by atoms with E-state index in [-0.39, 0.29) is 67.6 Å². The van der Waals surface area contributed by atoms with Gasteiger partial charge in [0.1, 0.15) is 0 Å². The molecule has 6 heteroatoms. The van der Waals surface area contributed by atoms with Gasteiger partial charge in [0.25, 0.3) is 0 Å². The first kappa shape index (κ1) is 149. The van der Waals surface area contributed by atoms with Gasteiger partial charge in [0, 0.05) is 0 Å². The second kappa shape index (κ2) is 92.0. The van der Waals surface area contributed by atoms with Crippen LogP contribution in [0.2, 0.25) is 0 Å². The summed E-state index contributed by atoms with van der Waals surface area (Å²) >= 11 is 0. The van der Waals surface area contributed by atoms with E-state index in [1.165, 1.54) is 0 Å². The Balaban J connectivity index is 0. The van der Waals surface area contributed by atoms with E-state index in [1.54, 1.807) is 0 Å². The van der Waals surface area contributed by atoms with E-state index in [0.717, 1.165) is 0 Å². The van der Waals surface area contributed by atoms with Gasteiger partial charge in [-0.1, -0.05) is 0 Å². The minimum atomic E-state index is 0. The third kappa shape index (κ3) is 51.8. The Morgan fingerprint density at radius 1 is 0.500 bits per heavy atom. The summed E-state index contributed by atoms with van der Waals surface area (Å²) in [4.78, 5) is 0. The maximum absolute atomic E-state index is 0. The van der Waals surface area contributed by atoms with Crippen LogP contribution in [0.4, 0.5) is 0 Å². The second-order valence-electron chi connectivity index (χ2n) is 0. The molecule has 0 fully saturated rings. The van der Waals surface area contributed by atoms with Crippen LogP contribution in [0.25, 0.3) is 0 Å². The van der Waals surface area contributed by atoms with Gasteiger partial charge >= 0.3 is 51.2 Å². The van der Waals surface area contributed by atoms with Gasteiger partial charge in [-0.2, -0.15) is 0 Å². The van der Waals surface area contributed by atoms with Gasteiger partial charge in [0.2, 0.25) is 0 Å². The predicted octanol–water partition coefficient (Wildman–Crippen LogP) is -1.28. The van der Waals surface area contributed by atoms with Crippen molar-refractivity contribution in [2.24, 2.45) is 0 Å². The zero-order valence-electron chi connectivity index (χ0n) is 2.43. The normalized spacial score (nSPS) is 0. The van der Waals surface area contributed by atoms with Gasteiger partial charge in [-0.05, 0) is 0 Å². The van der Waals surface area contributed by atoms with Crippen LogP contribution in [-0.2, 0) is 50.6 Å². The van der Waals surface area contributed by atoms with E-state index in [2.05, 4.69) is 0 Å². The number of hydrogen-bond acceptors (Lipinski definition) is 0. The van der Waals surface area contributed by atoms with Crippen molar-refractivity contribution in [3.63, 3.8) is 0 Å². The topological polar surface area (TPSA) is 85.5 Å². The fraction of sp³-hybridized carbons (Fsp3) is 0. The molecule has 0 spiro atoms. The Morgan fingerprint density at radius 2 is 0.500 bits per heavy atom. The third-order valence-corrected chi connectivity index (χ3v) is 0. The van der Waals surface area contributed by atoms with Crippen LogP contribution in [0.15, 0.2) is 0 Å². The minimum absolute atomic E-state index is 0. The molecule has 6 heavy (non-hydrogen) atoms. The van der Waals surface area contributed by atoms with Crippen LogP contribution >= 0.6 is 0 Å². The van der Waals surface area contributed by atoms with Crippen LogP contribution in [0.1, 0.15) is 0 Å². The van der Waals surface area contributed by atoms with E-state index in [1.807, 2.05) is 0 Å². The molecule has 0 saturated carbocycles. The van der Waals surface area contributed by atoms with Crippen molar-refractivity contribution in [2.75, 3.05) is 0 Å². The molecule has 0 rings (SSSR count). The monoisotopic (exact) mass is 242 g/mol. The molecule has 0 saturated heterocycles. The van der Waals surface area contributed by atoms with Crippen LogP contribution < -0.4 is 0 Å². The average molecular weight is 241 g/mol. The van der Waals surface area contributed by atoms with Gasteiger partial charge in [0.15, 0.2) is 0 Å². The first-order valence-electron chi connectivity index (χ1n) is 0. The molecule has 0 atom stereocenters. The quantitative estimate of drug-likeness (QED) is 0.473. The summed E-state index contributed by atoms with van der Waals surface area (Å²) in [6.45, 7) is 0. The van der Waals surface area contributed by atoms with E-state index < -0.39 is 0 Å². The molecule has 0 aliphatic heterocycles. The van der Waals surface area contributed by atoms with Crippen LogP contribution in [0.5, 0.6) is 0 Å². The van der Waals surface area contributed by atoms with Gasteiger partial charge in [0.05, 0.1) is 0 Å². The van der Waals surface area contributed by atoms with E-state index in [0.29, 0.717) is 0 Å². The fourth-order valence-corrected chi connectivity index (χ4v) is 0. The Labute approximate surface area is 67.6 Å². The summed E-state index contributed by atoms with van der Waals surface area (Å²) in [6.07, 6.45) is 0. The molecule has 0 amide bonds. The van der Waals surface area contributed by atoms with E-state index >= 15 is 0 Å². The summed E-state index contributed by atoms with van der Waals surface area (Å²) in [5.41, 5.74) is 0. The Bertz CT molecular complexity index is 8.75. The predicted molar refractivity (Wildman–Crippen MR) is 10.6 cm³/mol. The van der Waals surface area contributed by atoms with Crippen LogP contribution in [-0.4, -0.2) is 17.1 Å². The molecule has 0 aromatic heterocycles. The molecule has 3 nitrogen and oxygen atoms in total. The Hall–Kier alpha value is 1.44. The van der Waals surface area contributed by atoms with Crippen LogP contribution in [0.3, 0.4) is 0 Å². The van der Waals surface area contributed by atoms with Gasteiger partial charge in [-0.15, -0.1) is 0 Å². The summed E-state index contributed by atoms with van der Waals surface area (Å²) in [5, 5.41) is 0. The molecule has 0 heterocycles. The van der Waals surface area contributed by atoms with Crippen molar-refractivity contribution in [1.82, 2.24) is 0 Å². The first-order valence-corrected chi connectivity index (χ1v) is 0. The second-order valence-corrected chi connectivity index (χ2v) is 0. The van der Waals surface area contributed by atoms with Crippen molar-refractivity contribution >= 4 is 17.1 Å². The standard InChI is InChI=1S/2Fe.3O.H2Se/h;;;;;1H2/q2*+3;3*-2;. The number of hydrogen-bond donors (Lipinski definition) is 0. The van der Waals surface area contributed by atoms with E-state index in [4.69, 9.17) is 0 Å². The zero-order valence-corrected chi connectivity index (χ0v) is 6.74. The molecule has 0 N–H and O–H groups in total. The van der Waals surface area contributed by atoms with Crippen molar-refractivity contribution in [3.8, 4) is 0 Å². The molecule has 0 unspecified atom stereocenters. The van der Waals surface area contributed by atoms with Crippen molar-refractivity contribution in [3.05, 3.63) is 0 Å². The molecule has 0 aliphatic rings. The molecule has 0 bridgehead atoms. The summed E-state index contributed by atoms with van der Waals surface area (Å²) in [7, 11) is 0. The molecular weight excluding hydrogens is 239 g/mol.